The highest BCUT2D eigenvalue weighted by atomic mass is 32.2. The standard InChI is InChI=1S/C3H6O3S/c1-3(2)7(4,5)6/h1H2,2H3,(H,4,5,6)/p-1. The molecule has 0 amide bonds. The smallest absolute Gasteiger partial charge is 0.119 e. The molecule has 0 saturated heterocycles. The first-order valence-electron chi connectivity index (χ1n) is 1.56. The molecule has 0 spiro atoms. The predicted molar refractivity (Wildman–Crippen MR) is 24.5 cm³/mol. The lowest BCUT2D eigenvalue weighted by Crippen LogP contribution is -1.95. The lowest BCUT2D eigenvalue weighted by molar-refractivity contribution is 0.471. The van der Waals surface area contributed by atoms with E-state index in [1.807, 2.05) is 0 Å². The van der Waals surface area contributed by atoms with Crippen molar-refractivity contribution in [3.05, 3.63) is 11.5 Å². The van der Waals surface area contributed by atoms with Crippen LogP contribution in [0, 0.1) is 0 Å². The van der Waals surface area contributed by atoms with E-state index < -0.39 is 10.1 Å². The van der Waals surface area contributed by atoms with Crippen LogP contribution in [-0.4, -0.2) is 13.0 Å². The van der Waals surface area contributed by atoms with Crippen LogP contribution >= 0.6 is 0 Å². The maximum absolute atomic E-state index is 9.68. The van der Waals surface area contributed by atoms with E-state index in [-0.39, 0.29) is 4.91 Å². The largest absolute Gasteiger partial charge is 0.744 e. The maximum Gasteiger partial charge on any atom is 0.119 e. The Kier molecular flexibility index (Phi) is 1.55. The summed E-state index contributed by atoms with van der Waals surface area (Å²) in [5.74, 6) is 0. The highest BCUT2D eigenvalue weighted by Gasteiger charge is 1.89. The molecule has 0 rings (SSSR count). The van der Waals surface area contributed by atoms with Gasteiger partial charge in [-0.1, -0.05) is 6.58 Å². The van der Waals surface area contributed by atoms with Gasteiger partial charge in [0.2, 0.25) is 0 Å². The fourth-order valence-corrected chi connectivity index (χ4v) is 0. The monoisotopic (exact) mass is 121 g/mol. The molecule has 0 saturated carbocycles. The van der Waals surface area contributed by atoms with Gasteiger partial charge in [-0.15, -0.1) is 0 Å². The quantitative estimate of drug-likeness (QED) is 0.461. The predicted octanol–water partition coefficient (Wildman–Crippen LogP) is 0.0652. The summed E-state index contributed by atoms with van der Waals surface area (Å²) in [5, 5.41) is 0. The summed E-state index contributed by atoms with van der Waals surface area (Å²) in [5.41, 5.74) is 0. The van der Waals surface area contributed by atoms with Gasteiger partial charge >= 0.3 is 0 Å². The van der Waals surface area contributed by atoms with Gasteiger partial charge in [-0.2, -0.15) is 0 Å². The van der Waals surface area contributed by atoms with Gasteiger partial charge in [0.05, 0.1) is 0 Å². The molecule has 0 radical (unpaired) electrons. The van der Waals surface area contributed by atoms with Crippen LogP contribution in [0.25, 0.3) is 0 Å². The van der Waals surface area contributed by atoms with Crippen molar-refractivity contribution < 1.29 is 13.0 Å². The van der Waals surface area contributed by atoms with Gasteiger partial charge in [0.25, 0.3) is 0 Å². The first kappa shape index (κ1) is 6.65. The Hall–Kier alpha value is -0.350. The highest BCUT2D eigenvalue weighted by Crippen LogP contribution is 1.94. The Morgan fingerprint density at radius 2 is 1.86 bits per heavy atom. The Morgan fingerprint density at radius 3 is 1.86 bits per heavy atom. The van der Waals surface area contributed by atoms with Crippen LogP contribution in [0.2, 0.25) is 0 Å². The van der Waals surface area contributed by atoms with Gasteiger partial charge in [0.1, 0.15) is 10.1 Å². The molecule has 0 heterocycles. The maximum atomic E-state index is 9.68. The number of hydrogen-bond acceptors (Lipinski definition) is 3. The molecule has 0 aliphatic heterocycles. The number of hydrogen-bond donors (Lipinski definition) is 0. The zero-order valence-electron chi connectivity index (χ0n) is 3.84. The molecular formula is C3H5O3S-. The summed E-state index contributed by atoms with van der Waals surface area (Å²) in [6, 6.07) is 0. The van der Waals surface area contributed by atoms with Crippen molar-refractivity contribution in [3.63, 3.8) is 0 Å². The summed E-state index contributed by atoms with van der Waals surface area (Å²) >= 11 is 0. The minimum atomic E-state index is -4.19. The summed E-state index contributed by atoms with van der Waals surface area (Å²) in [6.45, 7) is 4.08. The van der Waals surface area contributed by atoms with Gasteiger partial charge in [-0.05, 0) is 6.92 Å². The van der Waals surface area contributed by atoms with Crippen LogP contribution < -0.4 is 0 Å². The molecule has 0 aliphatic carbocycles. The first-order chi connectivity index (χ1) is 2.94. The highest BCUT2D eigenvalue weighted by molar-refractivity contribution is 7.89. The Balaban J connectivity index is 4.43. The molecular weight excluding hydrogens is 116 g/mol. The Labute approximate surface area is 42.4 Å². The van der Waals surface area contributed by atoms with Crippen molar-refractivity contribution in [1.29, 1.82) is 0 Å². The summed E-state index contributed by atoms with van der Waals surface area (Å²) in [6.07, 6.45) is 0. The summed E-state index contributed by atoms with van der Waals surface area (Å²) < 4.78 is 29.0. The fraction of sp³-hybridized carbons (Fsp3) is 0.333. The third kappa shape index (κ3) is 2.36. The first-order valence-corrected chi connectivity index (χ1v) is 2.97. The molecule has 0 fully saturated rings. The van der Waals surface area contributed by atoms with Crippen LogP contribution in [-0.2, 0) is 10.1 Å². The molecule has 0 aliphatic rings. The lowest BCUT2D eigenvalue weighted by Gasteiger charge is -2.01. The molecule has 0 bridgehead atoms. The van der Waals surface area contributed by atoms with E-state index in [0.29, 0.717) is 0 Å². The van der Waals surface area contributed by atoms with E-state index >= 15 is 0 Å². The second-order valence-electron chi connectivity index (χ2n) is 1.16. The zero-order chi connectivity index (χ0) is 6.08. The van der Waals surface area contributed by atoms with Gasteiger partial charge < -0.3 is 4.55 Å². The SMILES string of the molecule is C=C(C)S(=O)(=O)[O-]. The van der Waals surface area contributed by atoms with E-state index in [9.17, 15) is 13.0 Å². The van der Waals surface area contributed by atoms with Gasteiger partial charge in [0, 0.05) is 4.91 Å². The molecule has 3 nitrogen and oxygen atoms in total. The molecule has 0 N–H and O–H groups in total. The van der Waals surface area contributed by atoms with Crippen LogP contribution in [0.4, 0.5) is 0 Å². The van der Waals surface area contributed by atoms with E-state index in [1.165, 1.54) is 0 Å². The summed E-state index contributed by atoms with van der Waals surface area (Å²) in [7, 11) is -4.19. The van der Waals surface area contributed by atoms with E-state index in [0.717, 1.165) is 6.92 Å². The minimum absolute atomic E-state index is 0.340. The van der Waals surface area contributed by atoms with Crippen molar-refractivity contribution in [3.8, 4) is 0 Å². The molecule has 0 unspecified atom stereocenters. The summed E-state index contributed by atoms with van der Waals surface area (Å²) in [4.78, 5) is -0.340. The molecule has 0 aromatic carbocycles. The van der Waals surface area contributed by atoms with Crippen molar-refractivity contribution in [2.45, 2.75) is 6.92 Å². The number of rotatable bonds is 1. The molecule has 7 heavy (non-hydrogen) atoms. The van der Waals surface area contributed by atoms with Crippen LogP contribution in [0.1, 0.15) is 6.92 Å². The second-order valence-corrected chi connectivity index (χ2v) is 2.76. The molecule has 0 aromatic rings. The van der Waals surface area contributed by atoms with Crippen LogP contribution in [0.5, 0.6) is 0 Å². The van der Waals surface area contributed by atoms with Gasteiger partial charge in [-0.3, -0.25) is 0 Å². The molecule has 4 heteroatoms. The van der Waals surface area contributed by atoms with Crippen molar-refractivity contribution in [1.82, 2.24) is 0 Å². The van der Waals surface area contributed by atoms with E-state index in [1.54, 1.807) is 0 Å². The Morgan fingerprint density at radius 1 is 1.71 bits per heavy atom. The third-order valence-electron chi connectivity index (χ3n) is 0.427. The van der Waals surface area contributed by atoms with Gasteiger partial charge in [-0.25, -0.2) is 8.42 Å². The molecule has 42 valence electrons. The van der Waals surface area contributed by atoms with E-state index in [4.69, 9.17) is 0 Å². The van der Waals surface area contributed by atoms with Crippen LogP contribution in [0.3, 0.4) is 0 Å². The van der Waals surface area contributed by atoms with Gasteiger partial charge in [0.15, 0.2) is 0 Å². The van der Waals surface area contributed by atoms with Crippen molar-refractivity contribution >= 4 is 10.1 Å². The topological polar surface area (TPSA) is 57.2 Å². The lowest BCUT2D eigenvalue weighted by atomic mass is 10.8. The normalized spacial score (nSPS) is 11.1. The average molecular weight is 121 g/mol. The third-order valence-corrected chi connectivity index (χ3v) is 1.28. The molecule has 0 atom stereocenters. The fourth-order valence-electron chi connectivity index (χ4n) is 0. The zero-order valence-corrected chi connectivity index (χ0v) is 4.66. The number of allylic oxidation sites excluding steroid dienone is 1. The minimum Gasteiger partial charge on any atom is -0.744 e. The Bertz CT molecular complexity index is 165. The molecule has 0 aromatic heterocycles. The second kappa shape index (κ2) is 1.63. The average Bonchev–Trinajstić information content (AvgIpc) is 1.31. The van der Waals surface area contributed by atoms with Crippen molar-refractivity contribution in [2.24, 2.45) is 0 Å². The van der Waals surface area contributed by atoms with Crippen molar-refractivity contribution in [2.75, 3.05) is 0 Å². The van der Waals surface area contributed by atoms with Crippen LogP contribution in [0.15, 0.2) is 11.5 Å². The van der Waals surface area contributed by atoms with E-state index in [2.05, 4.69) is 6.58 Å².